The number of nitrogens with zero attached hydrogens (tertiary/aromatic N) is 1. The van der Waals surface area contributed by atoms with Crippen LogP contribution in [0, 0.1) is 0 Å². The van der Waals surface area contributed by atoms with Crippen LogP contribution in [0.4, 0.5) is 4.79 Å². The zero-order valence-electron chi connectivity index (χ0n) is 14.6. The first-order valence-corrected chi connectivity index (χ1v) is 8.55. The number of esters is 1. The second kappa shape index (κ2) is 6.11. The number of benzene rings is 1. The molecule has 0 radical (unpaired) electrons. The van der Waals surface area contributed by atoms with Crippen molar-refractivity contribution in [2.45, 2.75) is 70.2 Å². The van der Waals surface area contributed by atoms with Crippen LogP contribution in [-0.2, 0) is 20.9 Å². The highest BCUT2D eigenvalue weighted by atomic mass is 16.6. The molecular formula is C19H25NO4. The number of rotatable bonds is 3. The molecule has 5 nitrogen and oxygen atoms in total. The molecule has 0 aromatic heterocycles. The minimum atomic E-state index is -0.845. The van der Waals surface area contributed by atoms with E-state index in [1.54, 1.807) is 4.90 Å². The molecule has 24 heavy (non-hydrogen) atoms. The van der Waals surface area contributed by atoms with Crippen molar-refractivity contribution in [3.8, 4) is 0 Å². The first kappa shape index (κ1) is 16.8. The Kier molecular flexibility index (Phi) is 4.28. The van der Waals surface area contributed by atoms with Crippen LogP contribution >= 0.6 is 0 Å². The van der Waals surface area contributed by atoms with Crippen molar-refractivity contribution in [1.29, 1.82) is 0 Å². The summed E-state index contributed by atoms with van der Waals surface area (Å²) in [7, 11) is 0. The zero-order valence-corrected chi connectivity index (χ0v) is 14.6. The van der Waals surface area contributed by atoms with Crippen molar-refractivity contribution in [2.24, 2.45) is 0 Å². The minimum Gasteiger partial charge on any atom is -0.459 e. The fourth-order valence-corrected chi connectivity index (χ4v) is 3.72. The molecule has 0 aliphatic carbocycles. The number of carbonyl (C=O) groups is 2. The van der Waals surface area contributed by atoms with Crippen LogP contribution in [0.2, 0.25) is 0 Å². The molecule has 130 valence electrons. The Morgan fingerprint density at radius 2 is 1.79 bits per heavy atom. The largest absolute Gasteiger partial charge is 0.459 e. The molecule has 0 unspecified atom stereocenters. The van der Waals surface area contributed by atoms with E-state index in [1.807, 2.05) is 51.1 Å². The van der Waals surface area contributed by atoms with E-state index in [0.717, 1.165) is 18.4 Å². The van der Waals surface area contributed by atoms with Gasteiger partial charge in [0.2, 0.25) is 0 Å². The van der Waals surface area contributed by atoms with Crippen molar-refractivity contribution in [3.63, 3.8) is 0 Å². The van der Waals surface area contributed by atoms with Crippen LogP contribution in [0.25, 0.3) is 0 Å². The maximum atomic E-state index is 12.8. The van der Waals surface area contributed by atoms with E-state index in [4.69, 9.17) is 9.47 Å². The Hall–Kier alpha value is -2.04. The Morgan fingerprint density at radius 3 is 2.38 bits per heavy atom. The van der Waals surface area contributed by atoms with Crippen LogP contribution in [0.3, 0.4) is 0 Å². The molecule has 3 rings (SSSR count). The van der Waals surface area contributed by atoms with E-state index in [-0.39, 0.29) is 18.6 Å². The van der Waals surface area contributed by atoms with E-state index in [1.165, 1.54) is 0 Å². The third-order valence-electron chi connectivity index (χ3n) is 4.79. The Balaban J connectivity index is 1.72. The van der Waals surface area contributed by atoms with Crippen LogP contribution < -0.4 is 0 Å². The summed E-state index contributed by atoms with van der Waals surface area (Å²) in [6.07, 6.45) is 2.58. The molecule has 0 atom stereocenters. The maximum absolute atomic E-state index is 12.8. The summed E-state index contributed by atoms with van der Waals surface area (Å²) in [5.41, 5.74) is -0.477. The van der Waals surface area contributed by atoms with Gasteiger partial charge in [0, 0.05) is 6.04 Å². The summed E-state index contributed by atoms with van der Waals surface area (Å²) in [6.45, 7) is 5.74. The highest BCUT2D eigenvalue weighted by molar-refractivity contribution is 5.87. The van der Waals surface area contributed by atoms with Gasteiger partial charge < -0.3 is 9.47 Å². The van der Waals surface area contributed by atoms with E-state index < -0.39 is 17.2 Å². The quantitative estimate of drug-likeness (QED) is 0.793. The van der Waals surface area contributed by atoms with Gasteiger partial charge in [-0.1, -0.05) is 30.3 Å². The molecule has 0 N–H and O–H groups in total. The molecular weight excluding hydrogens is 306 g/mol. The van der Waals surface area contributed by atoms with Gasteiger partial charge in [0.05, 0.1) is 0 Å². The molecule has 2 heterocycles. The number of amides is 1. The van der Waals surface area contributed by atoms with Gasteiger partial charge in [0.25, 0.3) is 0 Å². The average Bonchev–Trinajstić information content (AvgIpc) is 3.09. The highest BCUT2D eigenvalue weighted by Crippen LogP contribution is 2.47. The van der Waals surface area contributed by atoms with E-state index >= 15 is 0 Å². The monoisotopic (exact) mass is 331 g/mol. The summed E-state index contributed by atoms with van der Waals surface area (Å²) in [5, 5.41) is 0. The fraction of sp³-hybridized carbons (Fsp3) is 0.579. The van der Waals surface area contributed by atoms with Crippen molar-refractivity contribution in [1.82, 2.24) is 4.90 Å². The third-order valence-corrected chi connectivity index (χ3v) is 4.79. The molecule has 1 amide bonds. The predicted molar refractivity (Wildman–Crippen MR) is 89.3 cm³/mol. The van der Waals surface area contributed by atoms with Gasteiger partial charge in [-0.25, -0.2) is 9.59 Å². The van der Waals surface area contributed by atoms with E-state index in [0.29, 0.717) is 12.8 Å². The van der Waals surface area contributed by atoms with Gasteiger partial charge >= 0.3 is 12.1 Å². The highest BCUT2D eigenvalue weighted by Gasteiger charge is 2.60. The minimum absolute atomic E-state index is 0.0872. The third kappa shape index (κ3) is 3.12. The Morgan fingerprint density at radius 1 is 1.17 bits per heavy atom. The van der Waals surface area contributed by atoms with Crippen molar-refractivity contribution in [3.05, 3.63) is 35.9 Å². The second-order valence-electron chi connectivity index (χ2n) is 7.67. The van der Waals surface area contributed by atoms with Gasteiger partial charge in [-0.2, -0.15) is 0 Å². The van der Waals surface area contributed by atoms with Gasteiger partial charge in [0.1, 0.15) is 17.7 Å². The number of ether oxygens (including phenoxy) is 2. The lowest BCUT2D eigenvalue weighted by atomic mass is 9.88. The maximum Gasteiger partial charge on any atom is 0.411 e. The molecule has 1 aromatic rings. The van der Waals surface area contributed by atoms with Gasteiger partial charge in [-0.15, -0.1) is 0 Å². The lowest BCUT2D eigenvalue weighted by Crippen LogP contribution is -2.52. The summed E-state index contributed by atoms with van der Waals surface area (Å²) >= 11 is 0. The van der Waals surface area contributed by atoms with Gasteiger partial charge in [0.15, 0.2) is 0 Å². The van der Waals surface area contributed by atoms with E-state index in [2.05, 4.69) is 0 Å². The van der Waals surface area contributed by atoms with Gasteiger partial charge in [-0.05, 0) is 52.0 Å². The molecule has 0 saturated carbocycles. The zero-order chi connectivity index (χ0) is 17.4. The number of fused-ring (bicyclic) bond motifs is 2. The van der Waals surface area contributed by atoms with Crippen LogP contribution in [-0.4, -0.2) is 34.1 Å². The SMILES string of the molecule is CC(C)(C)OC(=O)N1C2CCC1(C(=O)OCc1ccccc1)CC2. The average molecular weight is 331 g/mol. The fourth-order valence-electron chi connectivity index (χ4n) is 3.72. The van der Waals surface area contributed by atoms with Crippen molar-refractivity contribution >= 4 is 12.1 Å². The number of hydrogen-bond acceptors (Lipinski definition) is 4. The first-order valence-electron chi connectivity index (χ1n) is 8.55. The lowest BCUT2D eigenvalue weighted by molar-refractivity contribution is -0.156. The molecule has 2 bridgehead atoms. The molecule has 0 spiro atoms. The van der Waals surface area contributed by atoms with E-state index in [9.17, 15) is 9.59 Å². The number of carbonyl (C=O) groups excluding carboxylic acids is 2. The predicted octanol–water partition coefficient (Wildman–Crippen LogP) is 3.66. The topological polar surface area (TPSA) is 55.8 Å². The molecule has 2 saturated heterocycles. The van der Waals surface area contributed by atoms with Gasteiger partial charge in [-0.3, -0.25) is 4.90 Å². The molecule has 1 aromatic carbocycles. The lowest BCUT2D eigenvalue weighted by Gasteiger charge is -2.34. The molecule has 2 fully saturated rings. The summed E-state index contributed by atoms with van der Waals surface area (Å²) < 4.78 is 11.1. The molecule has 5 heteroatoms. The summed E-state index contributed by atoms with van der Waals surface area (Å²) in [6, 6.07) is 9.67. The standard InChI is InChI=1S/C19H25NO4/c1-18(2,3)24-17(22)20-15-9-11-19(20,12-10-15)16(21)23-13-14-7-5-4-6-8-14/h4-8,15H,9-13H2,1-3H3. The Bertz CT molecular complexity index is 612. The first-order chi connectivity index (χ1) is 11.3. The Labute approximate surface area is 142 Å². The van der Waals surface area contributed by atoms with Crippen LogP contribution in [0.1, 0.15) is 52.0 Å². The molecule has 2 aliphatic rings. The second-order valence-corrected chi connectivity index (χ2v) is 7.67. The molecule has 2 aliphatic heterocycles. The van der Waals surface area contributed by atoms with Crippen LogP contribution in [0.5, 0.6) is 0 Å². The smallest absolute Gasteiger partial charge is 0.411 e. The number of hydrogen-bond donors (Lipinski definition) is 0. The van der Waals surface area contributed by atoms with Crippen LogP contribution in [0.15, 0.2) is 30.3 Å². The summed E-state index contributed by atoms with van der Waals surface area (Å²) in [5.74, 6) is -0.308. The van der Waals surface area contributed by atoms with Crippen molar-refractivity contribution in [2.75, 3.05) is 0 Å². The van der Waals surface area contributed by atoms with Crippen molar-refractivity contribution < 1.29 is 19.1 Å². The normalized spacial score (nSPS) is 25.6. The summed E-state index contributed by atoms with van der Waals surface area (Å²) in [4.78, 5) is 27.1.